The molecule has 2 N–H and O–H groups in total. The Morgan fingerprint density at radius 1 is 1.24 bits per heavy atom. The molecule has 1 saturated heterocycles. The number of aromatic nitrogens is 2. The number of likely N-dealkylation sites (tertiary alicyclic amines) is 1. The van der Waals surface area contributed by atoms with Crippen LogP contribution in [0.3, 0.4) is 0 Å². The average molecular weight is 540 g/mol. The van der Waals surface area contributed by atoms with Gasteiger partial charge < -0.3 is 20.0 Å². The Kier molecular flexibility index (Phi) is 8.71. The summed E-state index contributed by atoms with van der Waals surface area (Å²) in [4.78, 5) is 35.3. The van der Waals surface area contributed by atoms with Crippen LogP contribution >= 0.6 is 23.1 Å². The Morgan fingerprint density at radius 3 is 2.73 bits per heavy atom. The van der Waals surface area contributed by atoms with Gasteiger partial charge in [0, 0.05) is 36.7 Å². The van der Waals surface area contributed by atoms with Crippen LogP contribution in [0.4, 0.5) is 5.13 Å². The Labute approximate surface area is 226 Å². The number of piperidine rings is 1. The number of rotatable bonds is 9. The van der Waals surface area contributed by atoms with Crippen molar-refractivity contribution in [3.8, 4) is 0 Å². The largest absolute Gasteiger partial charge is 0.444 e. The average Bonchev–Trinajstić information content (AvgIpc) is 3.56. The number of oxazole rings is 1. The molecule has 0 saturated carbocycles. The first-order chi connectivity index (χ1) is 17.7. The molecule has 8 nitrogen and oxygen atoms in total. The van der Waals surface area contributed by atoms with Crippen molar-refractivity contribution < 1.29 is 14.0 Å². The number of thioether (sulfide) groups is 1. The van der Waals surface area contributed by atoms with E-state index in [-0.39, 0.29) is 23.3 Å². The van der Waals surface area contributed by atoms with Crippen LogP contribution in [0, 0.1) is 0 Å². The zero-order valence-corrected chi connectivity index (χ0v) is 23.1. The van der Waals surface area contributed by atoms with Crippen molar-refractivity contribution in [3.05, 3.63) is 72.1 Å². The molecule has 196 valence electrons. The van der Waals surface area contributed by atoms with Gasteiger partial charge in [-0.2, -0.15) is 0 Å². The van der Waals surface area contributed by atoms with Crippen LogP contribution in [0.1, 0.15) is 61.2 Å². The van der Waals surface area contributed by atoms with Gasteiger partial charge >= 0.3 is 0 Å². The number of amides is 2. The smallest absolute Gasteiger partial charge is 0.253 e. The highest BCUT2D eigenvalue weighted by Crippen LogP contribution is 2.32. The molecule has 1 unspecified atom stereocenters. The van der Waals surface area contributed by atoms with Gasteiger partial charge in [0.05, 0.1) is 22.4 Å². The molecule has 2 aromatic heterocycles. The number of nitrogens with zero attached hydrogens (tertiary/aromatic N) is 3. The van der Waals surface area contributed by atoms with E-state index >= 15 is 0 Å². The summed E-state index contributed by atoms with van der Waals surface area (Å²) in [6.45, 7) is 11.5. The van der Waals surface area contributed by atoms with Crippen molar-refractivity contribution in [2.75, 3.05) is 18.4 Å². The Morgan fingerprint density at radius 2 is 2.03 bits per heavy atom. The van der Waals surface area contributed by atoms with E-state index in [4.69, 9.17) is 4.42 Å². The van der Waals surface area contributed by atoms with Crippen LogP contribution < -0.4 is 10.6 Å². The number of carbonyl (C=O) groups is 2. The maximum Gasteiger partial charge on any atom is 0.253 e. The highest BCUT2D eigenvalue weighted by atomic mass is 32.2. The van der Waals surface area contributed by atoms with E-state index < -0.39 is 0 Å². The minimum atomic E-state index is -0.220. The normalized spacial score (nSPS) is 15.9. The second-order valence-corrected chi connectivity index (χ2v) is 12.3. The lowest BCUT2D eigenvalue weighted by Gasteiger charge is -2.33. The van der Waals surface area contributed by atoms with Gasteiger partial charge in [0.1, 0.15) is 5.76 Å². The zero-order valence-electron chi connectivity index (χ0n) is 21.5. The number of hydrogen-bond acceptors (Lipinski definition) is 8. The second-order valence-electron chi connectivity index (χ2n) is 9.99. The summed E-state index contributed by atoms with van der Waals surface area (Å²) in [7, 11) is 0. The SMILES string of the molecule is C=CC(=O)NCc1ccc(C(=O)N2CCCC(Nc3ncc(SCc4ncc(C(C)(C)C)o4)s3)C2)cc1. The summed E-state index contributed by atoms with van der Waals surface area (Å²) in [5, 5.41) is 7.11. The Balaban J connectivity index is 1.27. The molecule has 3 aromatic rings. The van der Waals surface area contributed by atoms with E-state index in [1.165, 1.54) is 6.08 Å². The highest BCUT2D eigenvalue weighted by molar-refractivity contribution is 8.00. The third-order valence-corrected chi connectivity index (χ3v) is 8.11. The fourth-order valence-corrected chi connectivity index (χ4v) is 5.72. The molecular formula is C27H33N5O3S2. The quantitative estimate of drug-likeness (QED) is 0.283. The number of thiazole rings is 1. The Hall–Kier alpha value is -3.11. The maximum absolute atomic E-state index is 13.1. The van der Waals surface area contributed by atoms with Crippen LogP contribution in [-0.2, 0) is 22.5 Å². The molecule has 1 fully saturated rings. The van der Waals surface area contributed by atoms with Crippen LogP contribution in [-0.4, -0.2) is 45.8 Å². The van der Waals surface area contributed by atoms with Gasteiger partial charge in [-0.05, 0) is 36.6 Å². The molecule has 1 aliphatic heterocycles. The predicted octanol–water partition coefficient (Wildman–Crippen LogP) is 5.24. The van der Waals surface area contributed by atoms with Crippen molar-refractivity contribution in [3.63, 3.8) is 0 Å². The Bertz CT molecular complexity index is 1230. The monoisotopic (exact) mass is 539 g/mol. The first-order valence-corrected chi connectivity index (χ1v) is 14.1. The third-order valence-electron chi connectivity index (χ3n) is 6.00. The molecule has 1 aliphatic rings. The lowest BCUT2D eigenvalue weighted by molar-refractivity contribution is -0.116. The minimum Gasteiger partial charge on any atom is -0.444 e. The van der Waals surface area contributed by atoms with Gasteiger partial charge in [-0.15, -0.1) is 11.8 Å². The molecule has 1 atom stereocenters. The van der Waals surface area contributed by atoms with E-state index in [1.807, 2.05) is 41.6 Å². The van der Waals surface area contributed by atoms with Crippen LogP contribution in [0.5, 0.6) is 0 Å². The van der Waals surface area contributed by atoms with E-state index in [0.29, 0.717) is 30.3 Å². The van der Waals surface area contributed by atoms with Gasteiger partial charge in [-0.25, -0.2) is 9.97 Å². The standard InChI is InChI=1S/C27H33N5O3S2/c1-5-22(33)28-13-18-8-10-19(11-9-18)25(34)32-12-6-7-20(16-32)31-26-30-15-24(37-26)36-17-23-29-14-21(35-23)27(2,3)4/h5,8-11,14-15,20H,1,6-7,12-13,16-17H2,2-4H3,(H,28,33)(H,30,31). The van der Waals surface area contributed by atoms with Gasteiger partial charge in [0.15, 0.2) is 5.13 Å². The van der Waals surface area contributed by atoms with Crippen molar-refractivity contribution in [1.29, 1.82) is 0 Å². The van der Waals surface area contributed by atoms with Crippen LogP contribution in [0.15, 0.2) is 57.9 Å². The topological polar surface area (TPSA) is 100 Å². The fraction of sp³-hybridized carbons (Fsp3) is 0.407. The van der Waals surface area contributed by atoms with E-state index in [0.717, 1.165) is 40.1 Å². The van der Waals surface area contributed by atoms with Crippen molar-refractivity contribution in [2.24, 2.45) is 0 Å². The molecule has 10 heteroatoms. The first-order valence-electron chi connectivity index (χ1n) is 12.3. The van der Waals surface area contributed by atoms with Crippen molar-refractivity contribution in [2.45, 2.75) is 61.6 Å². The van der Waals surface area contributed by atoms with Crippen LogP contribution in [0.2, 0.25) is 0 Å². The number of hydrogen-bond donors (Lipinski definition) is 2. The molecule has 0 bridgehead atoms. The number of benzene rings is 1. The summed E-state index contributed by atoms with van der Waals surface area (Å²) >= 11 is 3.26. The predicted molar refractivity (Wildman–Crippen MR) is 148 cm³/mol. The van der Waals surface area contributed by atoms with Gasteiger partial charge in [0.25, 0.3) is 5.91 Å². The van der Waals surface area contributed by atoms with E-state index in [9.17, 15) is 9.59 Å². The molecule has 1 aromatic carbocycles. The molecule has 0 radical (unpaired) electrons. The maximum atomic E-state index is 13.1. The number of nitrogens with one attached hydrogen (secondary N) is 2. The molecule has 0 aliphatic carbocycles. The van der Waals surface area contributed by atoms with Crippen molar-refractivity contribution in [1.82, 2.24) is 20.2 Å². The highest BCUT2D eigenvalue weighted by Gasteiger charge is 2.25. The molecule has 3 heterocycles. The fourth-order valence-electron chi connectivity index (χ4n) is 3.91. The van der Waals surface area contributed by atoms with E-state index in [1.54, 1.807) is 23.1 Å². The molecule has 4 rings (SSSR count). The molecule has 0 spiro atoms. The zero-order chi connectivity index (χ0) is 26.4. The summed E-state index contributed by atoms with van der Waals surface area (Å²) in [5.41, 5.74) is 1.52. The van der Waals surface area contributed by atoms with E-state index in [2.05, 4.69) is 48.0 Å². The van der Waals surface area contributed by atoms with Crippen LogP contribution in [0.25, 0.3) is 0 Å². The van der Waals surface area contributed by atoms with Gasteiger partial charge in [-0.1, -0.05) is 50.8 Å². The lowest BCUT2D eigenvalue weighted by Crippen LogP contribution is -2.45. The number of carbonyl (C=O) groups excluding carboxylic acids is 2. The summed E-state index contributed by atoms with van der Waals surface area (Å²) in [5.74, 6) is 2.06. The van der Waals surface area contributed by atoms with Gasteiger partial charge in [-0.3, -0.25) is 9.59 Å². The molecule has 2 amide bonds. The summed E-state index contributed by atoms with van der Waals surface area (Å²) in [6, 6.07) is 7.52. The number of anilines is 1. The van der Waals surface area contributed by atoms with Crippen molar-refractivity contribution >= 4 is 40.0 Å². The second kappa shape index (κ2) is 12.0. The minimum absolute atomic E-state index is 0.0177. The van der Waals surface area contributed by atoms with Gasteiger partial charge in [0.2, 0.25) is 11.8 Å². The summed E-state index contributed by atoms with van der Waals surface area (Å²) < 4.78 is 6.97. The third kappa shape index (κ3) is 7.45. The first kappa shape index (κ1) is 26.9. The summed E-state index contributed by atoms with van der Waals surface area (Å²) in [6.07, 6.45) is 6.84. The lowest BCUT2D eigenvalue weighted by atomic mass is 9.94. The molecular weight excluding hydrogens is 506 g/mol. The molecule has 37 heavy (non-hydrogen) atoms.